The average Bonchev–Trinajstić information content (AvgIpc) is 2.67. The van der Waals surface area contributed by atoms with Crippen LogP contribution in [0.2, 0.25) is 0 Å². The van der Waals surface area contributed by atoms with Crippen LogP contribution < -0.4 is 10.9 Å². The standard InChI is InChI=1S/C20H30N4O4S/c1-5-28-19(27)23-8-6-14(7-9-23)21-17(26)13-11-24-16(25)10-15(20(2,3)4)22-18(24)29-12-13/h10,13-14H,5-9,11-12H2,1-4H3,(H,21,26). The molecule has 29 heavy (non-hydrogen) atoms. The zero-order valence-corrected chi connectivity index (χ0v) is 18.4. The fraction of sp³-hybridized carbons (Fsp3) is 0.700. The molecule has 1 aromatic heterocycles. The summed E-state index contributed by atoms with van der Waals surface area (Å²) in [7, 11) is 0. The lowest BCUT2D eigenvalue weighted by molar-refractivity contribution is -0.125. The zero-order valence-electron chi connectivity index (χ0n) is 17.6. The Labute approximate surface area is 175 Å². The van der Waals surface area contributed by atoms with E-state index in [1.54, 1.807) is 22.5 Å². The lowest BCUT2D eigenvalue weighted by atomic mass is 9.92. The van der Waals surface area contributed by atoms with Crippen molar-refractivity contribution in [2.75, 3.05) is 25.4 Å². The Morgan fingerprint density at radius 3 is 2.62 bits per heavy atom. The summed E-state index contributed by atoms with van der Waals surface area (Å²) in [5, 5.41) is 3.79. The van der Waals surface area contributed by atoms with Crippen molar-refractivity contribution >= 4 is 23.8 Å². The summed E-state index contributed by atoms with van der Waals surface area (Å²) in [6, 6.07) is 1.62. The van der Waals surface area contributed by atoms with Crippen molar-refractivity contribution in [1.82, 2.24) is 19.8 Å². The van der Waals surface area contributed by atoms with Crippen molar-refractivity contribution in [1.29, 1.82) is 0 Å². The molecule has 0 bridgehead atoms. The van der Waals surface area contributed by atoms with Gasteiger partial charge in [0.15, 0.2) is 5.16 Å². The van der Waals surface area contributed by atoms with Gasteiger partial charge in [0, 0.05) is 42.9 Å². The highest BCUT2D eigenvalue weighted by molar-refractivity contribution is 7.99. The Morgan fingerprint density at radius 2 is 2.00 bits per heavy atom. The molecular weight excluding hydrogens is 392 g/mol. The second kappa shape index (κ2) is 8.77. The Morgan fingerprint density at radius 1 is 1.31 bits per heavy atom. The number of nitrogens with one attached hydrogen (secondary N) is 1. The molecule has 2 amide bonds. The number of likely N-dealkylation sites (tertiary alicyclic amines) is 1. The molecule has 2 aliphatic rings. The summed E-state index contributed by atoms with van der Waals surface area (Å²) >= 11 is 1.46. The summed E-state index contributed by atoms with van der Waals surface area (Å²) in [4.78, 5) is 43.4. The van der Waals surface area contributed by atoms with Gasteiger partial charge in [-0.15, -0.1) is 0 Å². The van der Waals surface area contributed by atoms with E-state index in [1.165, 1.54) is 11.8 Å². The Kier molecular flexibility index (Phi) is 6.55. The molecule has 0 aromatic carbocycles. The molecule has 1 saturated heterocycles. The highest BCUT2D eigenvalue weighted by Gasteiger charge is 2.31. The van der Waals surface area contributed by atoms with Gasteiger partial charge in [0.05, 0.1) is 18.2 Å². The van der Waals surface area contributed by atoms with Crippen LogP contribution in [-0.4, -0.2) is 57.9 Å². The van der Waals surface area contributed by atoms with Crippen LogP contribution in [0.5, 0.6) is 0 Å². The van der Waals surface area contributed by atoms with E-state index in [2.05, 4.69) is 10.3 Å². The smallest absolute Gasteiger partial charge is 0.409 e. The number of piperidine rings is 1. The number of amides is 2. The van der Waals surface area contributed by atoms with Crippen LogP contribution in [0.15, 0.2) is 16.0 Å². The van der Waals surface area contributed by atoms with E-state index in [0.717, 1.165) is 5.69 Å². The first kappa shape index (κ1) is 21.7. The van der Waals surface area contributed by atoms with Crippen LogP contribution in [0.1, 0.15) is 46.2 Å². The first-order valence-electron chi connectivity index (χ1n) is 10.2. The monoisotopic (exact) mass is 422 g/mol. The van der Waals surface area contributed by atoms with Crippen molar-refractivity contribution < 1.29 is 14.3 Å². The fourth-order valence-corrected chi connectivity index (χ4v) is 4.58. The SMILES string of the molecule is CCOC(=O)N1CCC(NC(=O)C2CSc3nc(C(C)(C)C)cc(=O)n3C2)CC1. The molecule has 0 aliphatic carbocycles. The molecule has 0 radical (unpaired) electrons. The molecule has 0 spiro atoms. The number of carbonyl (C=O) groups excluding carboxylic acids is 2. The van der Waals surface area contributed by atoms with Gasteiger partial charge in [-0.1, -0.05) is 32.5 Å². The number of carbonyl (C=O) groups is 2. The third-order valence-electron chi connectivity index (χ3n) is 5.30. The average molecular weight is 423 g/mol. The van der Waals surface area contributed by atoms with Gasteiger partial charge in [0.1, 0.15) is 0 Å². The summed E-state index contributed by atoms with van der Waals surface area (Å²) in [5.74, 6) is 0.299. The van der Waals surface area contributed by atoms with Gasteiger partial charge in [-0.3, -0.25) is 14.2 Å². The topological polar surface area (TPSA) is 93.5 Å². The predicted molar refractivity (Wildman–Crippen MR) is 111 cm³/mol. The molecule has 1 atom stereocenters. The van der Waals surface area contributed by atoms with Gasteiger partial charge in [-0.25, -0.2) is 9.78 Å². The number of rotatable bonds is 3. The van der Waals surface area contributed by atoms with E-state index in [0.29, 0.717) is 50.0 Å². The fourth-order valence-electron chi connectivity index (χ4n) is 3.49. The summed E-state index contributed by atoms with van der Waals surface area (Å²) in [5.41, 5.74) is 0.479. The van der Waals surface area contributed by atoms with Crippen LogP contribution in [0.25, 0.3) is 0 Å². The van der Waals surface area contributed by atoms with Crippen LogP contribution >= 0.6 is 11.8 Å². The van der Waals surface area contributed by atoms with Crippen LogP contribution in [-0.2, 0) is 21.5 Å². The normalized spacial score (nSPS) is 20.1. The minimum Gasteiger partial charge on any atom is -0.450 e. The van der Waals surface area contributed by atoms with Crippen molar-refractivity contribution in [3.8, 4) is 0 Å². The number of hydrogen-bond acceptors (Lipinski definition) is 6. The van der Waals surface area contributed by atoms with E-state index in [4.69, 9.17) is 4.74 Å². The van der Waals surface area contributed by atoms with Gasteiger partial charge in [-0.05, 0) is 19.8 Å². The zero-order chi connectivity index (χ0) is 21.2. The summed E-state index contributed by atoms with van der Waals surface area (Å²) < 4.78 is 6.63. The minimum atomic E-state index is -0.293. The van der Waals surface area contributed by atoms with Crippen LogP contribution in [0.4, 0.5) is 4.79 Å². The van der Waals surface area contributed by atoms with Crippen molar-refractivity contribution in [2.24, 2.45) is 5.92 Å². The molecule has 1 unspecified atom stereocenters. The number of fused-ring (bicyclic) bond motifs is 1. The molecule has 1 aromatic rings. The second-order valence-corrected chi connectivity index (χ2v) is 9.59. The molecule has 8 nitrogen and oxygen atoms in total. The molecule has 0 saturated carbocycles. The maximum atomic E-state index is 12.8. The molecule has 160 valence electrons. The lowest BCUT2D eigenvalue weighted by Crippen LogP contribution is -2.49. The van der Waals surface area contributed by atoms with Gasteiger partial charge >= 0.3 is 6.09 Å². The van der Waals surface area contributed by atoms with E-state index in [1.807, 2.05) is 20.8 Å². The van der Waals surface area contributed by atoms with Gasteiger partial charge in [0.2, 0.25) is 5.91 Å². The molecule has 9 heteroatoms. The van der Waals surface area contributed by atoms with Crippen LogP contribution in [0, 0.1) is 5.92 Å². The van der Waals surface area contributed by atoms with Gasteiger partial charge < -0.3 is 15.0 Å². The van der Waals surface area contributed by atoms with E-state index in [9.17, 15) is 14.4 Å². The van der Waals surface area contributed by atoms with Crippen molar-refractivity contribution in [2.45, 2.75) is 63.7 Å². The third-order valence-corrected chi connectivity index (χ3v) is 6.44. The van der Waals surface area contributed by atoms with Crippen molar-refractivity contribution in [3.63, 3.8) is 0 Å². The van der Waals surface area contributed by atoms with E-state index >= 15 is 0 Å². The van der Waals surface area contributed by atoms with Crippen molar-refractivity contribution in [3.05, 3.63) is 22.1 Å². The van der Waals surface area contributed by atoms with E-state index < -0.39 is 0 Å². The first-order valence-corrected chi connectivity index (χ1v) is 11.1. The quantitative estimate of drug-likeness (QED) is 0.749. The largest absolute Gasteiger partial charge is 0.450 e. The molecular formula is C20H30N4O4S. The Balaban J connectivity index is 1.58. The maximum absolute atomic E-state index is 12.8. The molecule has 3 heterocycles. The summed E-state index contributed by atoms with van der Waals surface area (Å²) in [6.45, 7) is 9.74. The highest BCUT2D eigenvalue weighted by Crippen LogP contribution is 2.28. The maximum Gasteiger partial charge on any atom is 0.409 e. The van der Waals surface area contributed by atoms with Crippen LogP contribution in [0.3, 0.4) is 0 Å². The number of thioether (sulfide) groups is 1. The number of hydrogen-bond donors (Lipinski definition) is 1. The number of ether oxygens (including phenoxy) is 1. The lowest BCUT2D eigenvalue weighted by Gasteiger charge is -2.33. The summed E-state index contributed by atoms with van der Waals surface area (Å²) in [6.07, 6.45) is 1.12. The highest BCUT2D eigenvalue weighted by atomic mass is 32.2. The Bertz CT molecular complexity index is 825. The minimum absolute atomic E-state index is 0.0375. The predicted octanol–water partition coefficient (Wildman–Crippen LogP) is 2.00. The second-order valence-electron chi connectivity index (χ2n) is 8.60. The van der Waals surface area contributed by atoms with E-state index in [-0.39, 0.29) is 34.9 Å². The molecule has 3 rings (SSSR count). The third kappa shape index (κ3) is 5.12. The van der Waals surface area contributed by atoms with Gasteiger partial charge in [0.25, 0.3) is 5.56 Å². The molecule has 1 fully saturated rings. The first-order chi connectivity index (χ1) is 13.7. The molecule has 2 aliphatic heterocycles. The number of aromatic nitrogens is 2. The Hall–Kier alpha value is -2.03. The molecule has 1 N–H and O–H groups in total. The number of nitrogens with zero attached hydrogens (tertiary/aromatic N) is 3. The van der Waals surface area contributed by atoms with Gasteiger partial charge in [-0.2, -0.15) is 0 Å².